The maximum absolute atomic E-state index is 13.2. The van der Waals surface area contributed by atoms with Crippen molar-refractivity contribution in [2.75, 3.05) is 25.9 Å². The van der Waals surface area contributed by atoms with Crippen LogP contribution < -0.4 is 0 Å². The second-order valence-electron chi connectivity index (χ2n) is 9.94. The Morgan fingerprint density at radius 3 is 1.63 bits per heavy atom. The molecule has 0 fully saturated rings. The molecule has 12 nitrogen and oxygen atoms in total. The lowest BCUT2D eigenvalue weighted by Crippen LogP contribution is -2.24. The number of imidazole rings is 1. The van der Waals surface area contributed by atoms with Crippen LogP contribution in [0.3, 0.4) is 0 Å². The lowest BCUT2D eigenvalue weighted by atomic mass is 10.2. The standard InChI is InChI=1S/C23H41ClN4O8P2/c1-16(2)33-37(29,34-17(3)4)14-31-10-20(9-28-13-27-21-22(24)25-12-26-23(21)28)11-32-15-38(30,35-18(5)6)36-19(7)8/h12-13,16-20H,9-11,14-15H2,1-8H3. The van der Waals surface area contributed by atoms with E-state index >= 15 is 0 Å². The molecule has 0 aromatic carbocycles. The second kappa shape index (κ2) is 15.2. The number of hydrogen-bond donors (Lipinski definition) is 0. The number of nitrogens with zero attached hydrogens (tertiary/aromatic N) is 4. The fraction of sp³-hybridized carbons (Fsp3) is 0.783. The van der Waals surface area contributed by atoms with E-state index in [0.717, 1.165) is 0 Å². The molecule has 2 aromatic heterocycles. The number of rotatable bonds is 18. The Morgan fingerprint density at radius 1 is 0.763 bits per heavy atom. The SMILES string of the molecule is CC(C)OP(=O)(COCC(COCP(=O)(OC(C)C)OC(C)C)Cn1cnc2c(Cl)ncnc21)OC(C)C. The van der Waals surface area contributed by atoms with Crippen LogP contribution >= 0.6 is 26.8 Å². The van der Waals surface area contributed by atoms with Gasteiger partial charge in [0.1, 0.15) is 24.5 Å². The first kappa shape index (κ1) is 33.3. The maximum Gasteiger partial charge on any atom is 0.356 e. The molecule has 0 radical (unpaired) electrons. The molecule has 0 aliphatic heterocycles. The van der Waals surface area contributed by atoms with Crippen LogP contribution in [0.4, 0.5) is 0 Å². The summed E-state index contributed by atoms with van der Waals surface area (Å²) in [5.74, 6) is -0.292. The van der Waals surface area contributed by atoms with Gasteiger partial charge >= 0.3 is 15.2 Å². The van der Waals surface area contributed by atoms with Crippen LogP contribution in [-0.2, 0) is 43.2 Å². The maximum atomic E-state index is 13.2. The normalized spacial score (nSPS) is 13.3. The van der Waals surface area contributed by atoms with Crippen LogP contribution in [0, 0.1) is 5.92 Å². The summed E-state index contributed by atoms with van der Waals surface area (Å²) in [6.45, 7) is 14.9. The van der Waals surface area contributed by atoms with E-state index in [-0.39, 0.29) is 61.4 Å². The minimum atomic E-state index is -3.49. The van der Waals surface area contributed by atoms with E-state index in [1.807, 2.05) is 0 Å². The lowest BCUT2D eigenvalue weighted by Gasteiger charge is -2.25. The van der Waals surface area contributed by atoms with Gasteiger partial charge in [0, 0.05) is 12.5 Å². The molecule has 2 heterocycles. The first-order valence-electron chi connectivity index (χ1n) is 12.6. The molecular formula is C23H41ClN4O8P2. The summed E-state index contributed by atoms with van der Waals surface area (Å²) in [6, 6.07) is 0. The number of halogens is 1. The molecule has 0 N–H and O–H groups in total. The minimum Gasteiger partial charge on any atom is -0.368 e. The number of hydrogen-bond acceptors (Lipinski definition) is 11. The number of ether oxygens (including phenoxy) is 2. The predicted molar refractivity (Wildman–Crippen MR) is 146 cm³/mol. The van der Waals surface area contributed by atoms with Gasteiger partial charge in [0.15, 0.2) is 10.8 Å². The quantitative estimate of drug-likeness (QED) is 0.145. The van der Waals surface area contributed by atoms with E-state index in [1.54, 1.807) is 66.3 Å². The highest BCUT2D eigenvalue weighted by Crippen LogP contribution is 2.51. The molecule has 0 aliphatic rings. The van der Waals surface area contributed by atoms with Crippen molar-refractivity contribution in [2.45, 2.75) is 86.4 Å². The van der Waals surface area contributed by atoms with Crippen molar-refractivity contribution in [1.29, 1.82) is 0 Å². The van der Waals surface area contributed by atoms with Gasteiger partial charge in [-0.25, -0.2) is 15.0 Å². The molecule has 0 spiro atoms. The molecule has 0 aliphatic carbocycles. The molecule has 2 aromatic rings. The van der Waals surface area contributed by atoms with Gasteiger partial charge in [-0.2, -0.15) is 0 Å². The van der Waals surface area contributed by atoms with Gasteiger partial charge in [-0.05, 0) is 55.4 Å². The Hall–Kier alpha value is -0.940. The van der Waals surface area contributed by atoms with Crippen LogP contribution in [0.2, 0.25) is 5.15 Å². The first-order chi connectivity index (χ1) is 17.7. The predicted octanol–water partition coefficient (Wildman–Crippen LogP) is 6.13. The highest BCUT2D eigenvalue weighted by atomic mass is 35.5. The molecule has 218 valence electrons. The van der Waals surface area contributed by atoms with Crippen LogP contribution in [0.5, 0.6) is 0 Å². The van der Waals surface area contributed by atoms with Crippen molar-refractivity contribution in [3.8, 4) is 0 Å². The van der Waals surface area contributed by atoms with Crippen molar-refractivity contribution in [1.82, 2.24) is 19.5 Å². The van der Waals surface area contributed by atoms with E-state index in [9.17, 15) is 9.13 Å². The molecule has 0 amide bonds. The average Bonchev–Trinajstić information content (AvgIpc) is 3.15. The minimum absolute atomic E-state index is 0.131. The van der Waals surface area contributed by atoms with Gasteiger partial charge in [-0.15, -0.1) is 0 Å². The Kier molecular flexibility index (Phi) is 13.3. The Bertz CT molecular complexity index is 1030. The van der Waals surface area contributed by atoms with Crippen molar-refractivity contribution < 1.29 is 36.7 Å². The third-order valence-corrected chi connectivity index (χ3v) is 8.75. The zero-order valence-corrected chi connectivity index (χ0v) is 25.9. The molecule has 0 bridgehead atoms. The van der Waals surface area contributed by atoms with E-state index in [2.05, 4.69) is 15.0 Å². The van der Waals surface area contributed by atoms with E-state index < -0.39 is 15.2 Å². The fourth-order valence-electron chi connectivity index (χ4n) is 3.54. The summed E-state index contributed by atoms with van der Waals surface area (Å²) in [7, 11) is -6.99. The Labute approximate surface area is 230 Å². The number of aromatic nitrogens is 4. The second-order valence-corrected chi connectivity index (χ2v) is 14.1. The van der Waals surface area contributed by atoms with Gasteiger partial charge in [0.05, 0.1) is 44.0 Å². The molecule has 0 atom stereocenters. The highest BCUT2D eigenvalue weighted by molar-refractivity contribution is 7.53. The molecule has 0 unspecified atom stereocenters. The van der Waals surface area contributed by atoms with Gasteiger partial charge in [-0.1, -0.05) is 11.6 Å². The Morgan fingerprint density at radius 2 is 1.21 bits per heavy atom. The van der Waals surface area contributed by atoms with E-state index in [4.69, 9.17) is 39.2 Å². The monoisotopic (exact) mass is 598 g/mol. The van der Waals surface area contributed by atoms with Crippen molar-refractivity contribution >= 4 is 38.0 Å². The first-order valence-corrected chi connectivity index (χ1v) is 16.4. The zero-order chi connectivity index (χ0) is 28.5. The molecule has 38 heavy (non-hydrogen) atoms. The summed E-state index contributed by atoms with van der Waals surface area (Å²) in [5, 5.41) is 0.244. The third kappa shape index (κ3) is 11.3. The van der Waals surface area contributed by atoms with E-state index in [0.29, 0.717) is 17.7 Å². The van der Waals surface area contributed by atoms with Crippen LogP contribution in [-0.4, -0.2) is 69.8 Å². The number of fused-ring (bicyclic) bond motifs is 1. The van der Waals surface area contributed by atoms with Crippen LogP contribution in [0.1, 0.15) is 55.4 Å². The third-order valence-electron chi connectivity index (χ3n) is 4.50. The van der Waals surface area contributed by atoms with Gasteiger partial charge in [0.2, 0.25) is 0 Å². The van der Waals surface area contributed by atoms with Crippen LogP contribution in [0.15, 0.2) is 12.7 Å². The summed E-state index contributed by atoms with van der Waals surface area (Å²) >= 11 is 6.15. The summed E-state index contributed by atoms with van der Waals surface area (Å²) in [4.78, 5) is 12.5. The molecule has 15 heteroatoms. The van der Waals surface area contributed by atoms with Crippen molar-refractivity contribution in [3.63, 3.8) is 0 Å². The molecular weight excluding hydrogens is 558 g/mol. The Balaban J connectivity index is 2.16. The lowest BCUT2D eigenvalue weighted by molar-refractivity contribution is 0.0377. The van der Waals surface area contributed by atoms with Crippen molar-refractivity contribution in [3.05, 3.63) is 17.8 Å². The summed E-state index contributed by atoms with van der Waals surface area (Å²) < 4.78 is 62.1. The van der Waals surface area contributed by atoms with Crippen LogP contribution in [0.25, 0.3) is 11.2 Å². The van der Waals surface area contributed by atoms with Gasteiger partial charge in [0.25, 0.3) is 0 Å². The van der Waals surface area contributed by atoms with Gasteiger partial charge < -0.3 is 32.1 Å². The van der Waals surface area contributed by atoms with E-state index in [1.165, 1.54) is 6.33 Å². The zero-order valence-electron chi connectivity index (χ0n) is 23.4. The largest absolute Gasteiger partial charge is 0.368 e. The average molecular weight is 599 g/mol. The van der Waals surface area contributed by atoms with Gasteiger partial charge in [-0.3, -0.25) is 9.13 Å². The molecule has 0 saturated carbocycles. The topological polar surface area (TPSA) is 133 Å². The summed E-state index contributed by atoms with van der Waals surface area (Å²) in [5.41, 5.74) is 1.01. The summed E-state index contributed by atoms with van der Waals surface area (Å²) in [6.07, 6.45) is 1.27. The molecule has 2 rings (SSSR count). The smallest absolute Gasteiger partial charge is 0.356 e. The molecule has 0 saturated heterocycles. The van der Waals surface area contributed by atoms with Crippen molar-refractivity contribution in [2.24, 2.45) is 5.92 Å². The fourth-order valence-corrected chi connectivity index (χ4v) is 7.28. The highest BCUT2D eigenvalue weighted by Gasteiger charge is 2.30.